The number of furan rings is 1. The number of nitrogens with zero attached hydrogens (tertiary/aromatic N) is 1. The zero-order valence-electron chi connectivity index (χ0n) is 10.3. The highest BCUT2D eigenvalue weighted by Crippen LogP contribution is 2.26. The van der Waals surface area contributed by atoms with Crippen molar-refractivity contribution in [2.24, 2.45) is 4.99 Å². The van der Waals surface area contributed by atoms with E-state index in [-0.39, 0.29) is 11.6 Å². The Morgan fingerprint density at radius 2 is 2.10 bits per heavy atom. The van der Waals surface area contributed by atoms with E-state index in [2.05, 4.69) is 43.5 Å². The van der Waals surface area contributed by atoms with E-state index >= 15 is 0 Å². The van der Waals surface area contributed by atoms with Crippen molar-refractivity contribution in [1.82, 2.24) is 0 Å². The Kier molecular flexibility index (Phi) is 4.19. The molecule has 1 aliphatic heterocycles. The van der Waals surface area contributed by atoms with Gasteiger partial charge in [0.1, 0.15) is 5.76 Å². The molecule has 0 atom stereocenters. The minimum Gasteiger partial charge on any atom is -0.450 e. The first-order valence-corrected chi connectivity index (χ1v) is 8.01. The van der Waals surface area contributed by atoms with Crippen LogP contribution in [0, 0.1) is 3.57 Å². The molecule has 2 heterocycles. The highest BCUT2D eigenvalue weighted by atomic mass is 127. The van der Waals surface area contributed by atoms with Gasteiger partial charge < -0.3 is 9.15 Å². The van der Waals surface area contributed by atoms with Crippen LogP contribution in [0.15, 0.2) is 50.1 Å². The third-order valence-electron chi connectivity index (χ3n) is 2.65. The van der Waals surface area contributed by atoms with E-state index in [0.29, 0.717) is 21.0 Å². The van der Waals surface area contributed by atoms with Crippen LogP contribution >= 0.6 is 50.1 Å². The van der Waals surface area contributed by atoms with Crippen LogP contribution in [0.5, 0.6) is 0 Å². The lowest BCUT2D eigenvalue weighted by Gasteiger charge is -2.02. The van der Waals surface area contributed by atoms with Crippen molar-refractivity contribution in [3.8, 4) is 0 Å². The number of carbonyl (C=O) groups is 1. The van der Waals surface area contributed by atoms with Crippen LogP contribution in [-0.4, -0.2) is 11.9 Å². The van der Waals surface area contributed by atoms with Gasteiger partial charge in [-0.3, -0.25) is 0 Å². The summed E-state index contributed by atoms with van der Waals surface area (Å²) < 4.78 is 12.0. The summed E-state index contributed by atoms with van der Waals surface area (Å²) in [4.78, 5) is 16.1. The Labute approximate surface area is 147 Å². The predicted octanol–water partition coefficient (Wildman–Crippen LogP) is 4.64. The molecule has 0 saturated heterocycles. The van der Waals surface area contributed by atoms with Gasteiger partial charge in [0.15, 0.2) is 10.4 Å². The molecule has 3 rings (SSSR count). The molecule has 0 bridgehead atoms. The first-order valence-electron chi connectivity index (χ1n) is 5.76. The molecule has 0 aliphatic carbocycles. The Bertz CT molecular complexity index is 797. The van der Waals surface area contributed by atoms with Crippen LogP contribution in [0.1, 0.15) is 11.3 Å². The highest BCUT2D eigenvalue weighted by Gasteiger charge is 2.26. The Hall–Kier alpha value is -1.12. The third kappa shape index (κ3) is 3.22. The maximum atomic E-state index is 11.9. The molecular weight excluding hydrogens is 472 g/mol. The maximum absolute atomic E-state index is 11.9. The van der Waals surface area contributed by atoms with Crippen LogP contribution in [0.25, 0.3) is 6.08 Å². The van der Waals surface area contributed by atoms with Crippen molar-refractivity contribution in [3.63, 3.8) is 0 Å². The summed E-state index contributed by atoms with van der Waals surface area (Å²) in [6, 6.07) is 8.85. The standard InChI is InChI=1S/C14H6BrClINO3/c15-12-4-2-8(20-12)6-11-14(19)21-13(18-11)9-5-7(17)1-3-10(9)16/h1-6H. The second-order valence-electron chi connectivity index (χ2n) is 4.10. The molecule has 2 aromatic rings. The number of aliphatic imine (C=N–C) groups is 1. The van der Waals surface area contributed by atoms with E-state index < -0.39 is 5.97 Å². The molecular formula is C14H6BrClINO3. The summed E-state index contributed by atoms with van der Waals surface area (Å²) in [7, 11) is 0. The largest absolute Gasteiger partial charge is 0.450 e. The number of rotatable bonds is 2. The minimum atomic E-state index is -0.535. The molecule has 0 N–H and O–H groups in total. The molecule has 0 spiro atoms. The van der Waals surface area contributed by atoms with Crippen molar-refractivity contribution in [2.45, 2.75) is 0 Å². The molecule has 21 heavy (non-hydrogen) atoms. The number of carbonyl (C=O) groups excluding carboxylic acids is 1. The first-order chi connectivity index (χ1) is 10.0. The number of cyclic esters (lactones) is 1. The van der Waals surface area contributed by atoms with E-state index in [0.717, 1.165) is 3.57 Å². The fraction of sp³-hybridized carbons (Fsp3) is 0. The van der Waals surface area contributed by atoms with Gasteiger partial charge in [-0.2, -0.15) is 0 Å². The number of halogens is 3. The van der Waals surface area contributed by atoms with Crippen molar-refractivity contribution >= 4 is 68.1 Å². The van der Waals surface area contributed by atoms with Gasteiger partial charge in [0.25, 0.3) is 0 Å². The summed E-state index contributed by atoms with van der Waals surface area (Å²) in [5.74, 6) is 0.167. The van der Waals surface area contributed by atoms with Gasteiger partial charge in [-0.15, -0.1) is 0 Å². The van der Waals surface area contributed by atoms with E-state index in [1.807, 2.05) is 6.07 Å². The average molecular weight is 478 g/mol. The fourth-order valence-electron chi connectivity index (χ4n) is 1.73. The zero-order valence-corrected chi connectivity index (χ0v) is 14.8. The quantitative estimate of drug-likeness (QED) is 0.359. The van der Waals surface area contributed by atoms with E-state index in [4.69, 9.17) is 20.8 Å². The van der Waals surface area contributed by atoms with Crippen LogP contribution < -0.4 is 0 Å². The Morgan fingerprint density at radius 3 is 2.81 bits per heavy atom. The third-order valence-corrected chi connectivity index (χ3v) is 4.08. The molecule has 7 heteroatoms. The van der Waals surface area contributed by atoms with Gasteiger partial charge in [-0.25, -0.2) is 9.79 Å². The summed E-state index contributed by atoms with van der Waals surface area (Å²) in [6.07, 6.45) is 1.52. The lowest BCUT2D eigenvalue weighted by molar-refractivity contribution is -0.129. The summed E-state index contributed by atoms with van der Waals surface area (Å²) in [5, 5.41) is 0.476. The Morgan fingerprint density at radius 1 is 1.29 bits per heavy atom. The molecule has 1 aromatic heterocycles. The normalized spacial score (nSPS) is 16.2. The number of hydrogen-bond donors (Lipinski definition) is 0. The number of ether oxygens (including phenoxy) is 1. The monoisotopic (exact) mass is 477 g/mol. The molecule has 1 aromatic carbocycles. The highest BCUT2D eigenvalue weighted by molar-refractivity contribution is 14.1. The maximum Gasteiger partial charge on any atom is 0.363 e. The Balaban J connectivity index is 1.99. The van der Waals surface area contributed by atoms with Crippen molar-refractivity contribution in [2.75, 3.05) is 0 Å². The van der Waals surface area contributed by atoms with Gasteiger partial charge in [-0.05, 0) is 68.9 Å². The first kappa shape index (κ1) is 14.8. The van der Waals surface area contributed by atoms with Crippen LogP contribution in [-0.2, 0) is 9.53 Å². The number of esters is 1. The van der Waals surface area contributed by atoms with E-state index in [1.165, 1.54) is 6.08 Å². The van der Waals surface area contributed by atoms with Crippen LogP contribution in [0.2, 0.25) is 5.02 Å². The van der Waals surface area contributed by atoms with Gasteiger partial charge in [0.2, 0.25) is 5.90 Å². The van der Waals surface area contributed by atoms with Crippen LogP contribution in [0.4, 0.5) is 0 Å². The minimum absolute atomic E-state index is 0.168. The SMILES string of the molecule is O=C1OC(c2cc(I)ccc2Cl)=NC1=Cc1ccc(Br)o1. The molecule has 0 saturated carbocycles. The van der Waals surface area contributed by atoms with Crippen molar-refractivity contribution < 1.29 is 13.9 Å². The van der Waals surface area contributed by atoms with Gasteiger partial charge in [0, 0.05) is 9.65 Å². The topological polar surface area (TPSA) is 51.8 Å². The van der Waals surface area contributed by atoms with Crippen LogP contribution in [0.3, 0.4) is 0 Å². The smallest absolute Gasteiger partial charge is 0.363 e. The van der Waals surface area contributed by atoms with Gasteiger partial charge in [-0.1, -0.05) is 11.6 Å². The van der Waals surface area contributed by atoms with Crippen molar-refractivity contribution in [1.29, 1.82) is 0 Å². The van der Waals surface area contributed by atoms with Gasteiger partial charge in [0.05, 0.1) is 10.6 Å². The molecule has 1 aliphatic rings. The number of hydrogen-bond acceptors (Lipinski definition) is 4. The molecule has 0 unspecified atom stereocenters. The zero-order chi connectivity index (χ0) is 15.0. The number of benzene rings is 1. The summed E-state index contributed by atoms with van der Waals surface area (Å²) in [6.45, 7) is 0. The lowest BCUT2D eigenvalue weighted by Crippen LogP contribution is -2.06. The average Bonchev–Trinajstić information content (AvgIpc) is 3.00. The summed E-state index contributed by atoms with van der Waals surface area (Å²) in [5.41, 5.74) is 0.753. The predicted molar refractivity (Wildman–Crippen MR) is 91.2 cm³/mol. The molecule has 0 radical (unpaired) electrons. The second-order valence-corrected chi connectivity index (χ2v) is 6.54. The summed E-state index contributed by atoms with van der Waals surface area (Å²) >= 11 is 11.5. The van der Waals surface area contributed by atoms with Gasteiger partial charge >= 0.3 is 5.97 Å². The van der Waals surface area contributed by atoms with E-state index in [9.17, 15) is 4.79 Å². The molecule has 4 nitrogen and oxygen atoms in total. The lowest BCUT2D eigenvalue weighted by atomic mass is 10.2. The molecule has 0 amide bonds. The molecule has 106 valence electrons. The van der Waals surface area contributed by atoms with Crippen molar-refractivity contribution in [3.05, 3.63) is 60.6 Å². The molecule has 0 fully saturated rings. The fourth-order valence-corrected chi connectivity index (χ4v) is 2.74. The van der Waals surface area contributed by atoms with E-state index in [1.54, 1.807) is 24.3 Å². The second kappa shape index (κ2) is 5.94.